The number of hydrogen-bond acceptors (Lipinski definition) is 3. The molecule has 0 spiro atoms. The summed E-state index contributed by atoms with van der Waals surface area (Å²) in [5.41, 5.74) is 1.83. The van der Waals surface area contributed by atoms with Gasteiger partial charge < -0.3 is 5.32 Å². The summed E-state index contributed by atoms with van der Waals surface area (Å²) >= 11 is 0. The molecule has 0 unspecified atom stereocenters. The lowest BCUT2D eigenvalue weighted by Crippen LogP contribution is -2.32. The molecular weight excluding hydrogens is 226 g/mol. The molecule has 4 nitrogen and oxygen atoms in total. The first kappa shape index (κ1) is 13.3. The Morgan fingerprint density at radius 2 is 2.11 bits per heavy atom. The van der Waals surface area contributed by atoms with Gasteiger partial charge in [0.25, 0.3) is 5.56 Å². The monoisotopic (exact) mass is 249 g/mol. The molecule has 0 aliphatic heterocycles. The molecule has 0 radical (unpaired) electrons. The quantitative estimate of drug-likeness (QED) is 0.885. The molecule has 2 rings (SSSR count). The van der Waals surface area contributed by atoms with Crippen molar-refractivity contribution in [1.29, 1.82) is 0 Å². The second kappa shape index (κ2) is 4.84. The third-order valence-electron chi connectivity index (χ3n) is 3.28. The smallest absolute Gasteiger partial charge is 0.271 e. The molecule has 18 heavy (non-hydrogen) atoms. The Labute approximate surface area is 108 Å². The number of aromatic nitrogens is 2. The van der Waals surface area contributed by atoms with Crippen LogP contribution in [0.2, 0.25) is 0 Å². The highest BCUT2D eigenvalue weighted by Crippen LogP contribution is 2.21. The van der Waals surface area contributed by atoms with Gasteiger partial charge in [-0.2, -0.15) is 5.10 Å². The van der Waals surface area contributed by atoms with E-state index in [1.165, 1.54) is 12.8 Å². The highest BCUT2D eigenvalue weighted by molar-refractivity contribution is 5.19. The number of rotatable bonds is 4. The Morgan fingerprint density at radius 3 is 2.61 bits per heavy atom. The van der Waals surface area contributed by atoms with E-state index in [0.29, 0.717) is 19.1 Å². The van der Waals surface area contributed by atoms with Gasteiger partial charge in [-0.05, 0) is 25.8 Å². The largest absolute Gasteiger partial charge is 0.310 e. The van der Waals surface area contributed by atoms with E-state index in [4.69, 9.17) is 0 Å². The normalized spacial score (nSPS) is 16.0. The van der Waals surface area contributed by atoms with Gasteiger partial charge in [0, 0.05) is 30.1 Å². The van der Waals surface area contributed by atoms with Crippen molar-refractivity contribution in [3.8, 4) is 0 Å². The summed E-state index contributed by atoms with van der Waals surface area (Å²) in [7, 11) is 0. The second-order valence-corrected chi connectivity index (χ2v) is 6.08. The predicted molar refractivity (Wildman–Crippen MR) is 72.7 cm³/mol. The van der Waals surface area contributed by atoms with Gasteiger partial charge in [-0.25, -0.2) is 4.68 Å². The van der Waals surface area contributed by atoms with Gasteiger partial charge in [0.1, 0.15) is 0 Å². The molecule has 4 heteroatoms. The summed E-state index contributed by atoms with van der Waals surface area (Å²) in [4.78, 5) is 12.2. The maximum Gasteiger partial charge on any atom is 0.271 e. The van der Waals surface area contributed by atoms with Crippen molar-refractivity contribution in [2.75, 3.05) is 0 Å². The molecule has 1 aromatic rings. The van der Waals surface area contributed by atoms with Gasteiger partial charge in [-0.15, -0.1) is 0 Å². The molecule has 1 fully saturated rings. The summed E-state index contributed by atoms with van der Waals surface area (Å²) in [6.07, 6.45) is 2.47. The fraction of sp³-hybridized carbons (Fsp3) is 0.714. The van der Waals surface area contributed by atoms with Gasteiger partial charge in [0.05, 0.1) is 5.69 Å². The molecule has 0 saturated heterocycles. The predicted octanol–water partition coefficient (Wildman–Crippen LogP) is 1.81. The maximum atomic E-state index is 12.2. The lowest BCUT2D eigenvalue weighted by molar-refractivity contribution is 0.503. The van der Waals surface area contributed by atoms with Crippen LogP contribution in [0, 0.1) is 0 Å². The van der Waals surface area contributed by atoms with Crippen LogP contribution in [0.4, 0.5) is 0 Å². The molecule has 1 heterocycles. The molecule has 0 atom stereocenters. The van der Waals surface area contributed by atoms with Crippen LogP contribution >= 0.6 is 0 Å². The van der Waals surface area contributed by atoms with Crippen LogP contribution in [0.25, 0.3) is 0 Å². The molecule has 1 saturated carbocycles. The Hall–Kier alpha value is -1.16. The zero-order valence-electron chi connectivity index (χ0n) is 11.8. The van der Waals surface area contributed by atoms with Gasteiger partial charge in [0.2, 0.25) is 0 Å². The summed E-state index contributed by atoms with van der Waals surface area (Å²) in [6, 6.07) is 2.58. The fourth-order valence-electron chi connectivity index (χ4n) is 1.85. The molecule has 0 amide bonds. The summed E-state index contributed by atoms with van der Waals surface area (Å²) in [5, 5.41) is 7.84. The van der Waals surface area contributed by atoms with Crippen LogP contribution in [-0.2, 0) is 18.5 Å². The third-order valence-corrected chi connectivity index (χ3v) is 3.28. The first-order valence-electron chi connectivity index (χ1n) is 6.76. The van der Waals surface area contributed by atoms with Crippen LogP contribution in [0.1, 0.15) is 51.8 Å². The van der Waals surface area contributed by atoms with Crippen molar-refractivity contribution < 1.29 is 0 Å². The molecule has 0 bridgehead atoms. The molecule has 1 aromatic heterocycles. The molecule has 100 valence electrons. The van der Waals surface area contributed by atoms with Crippen molar-refractivity contribution in [3.63, 3.8) is 0 Å². The van der Waals surface area contributed by atoms with E-state index >= 15 is 0 Å². The summed E-state index contributed by atoms with van der Waals surface area (Å²) in [5.74, 6) is 0. The number of aryl methyl sites for hydroxylation is 1. The van der Waals surface area contributed by atoms with E-state index in [1.54, 1.807) is 4.68 Å². The van der Waals surface area contributed by atoms with E-state index in [9.17, 15) is 4.79 Å². The highest BCUT2D eigenvalue weighted by atomic mass is 16.1. The second-order valence-electron chi connectivity index (χ2n) is 6.08. The number of nitrogens with one attached hydrogen (secondary N) is 1. The Bertz CT molecular complexity index is 481. The standard InChI is InChI=1S/C14H23N3O/c1-5-17-13(18)10(9-15-11-6-7-11)8-12(16-17)14(2,3)4/h8,11,15H,5-7,9H2,1-4H3. The Kier molecular flexibility index (Phi) is 3.57. The van der Waals surface area contributed by atoms with Crippen LogP contribution in [0.3, 0.4) is 0 Å². The Morgan fingerprint density at radius 1 is 1.44 bits per heavy atom. The lowest BCUT2D eigenvalue weighted by Gasteiger charge is -2.19. The van der Waals surface area contributed by atoms with Crippen LogP contribution in [0.15, 0.2) is 10.9 Å². The number of nitrogens with zero attached hydrogens (tertiary/aromatic N) is 2. The number of hydrogen-bond donors (Lipinski definition) is 1. The minimum Gasteiger partial charge on any atom is -0.310 e. The SMILES string of the molecule is CCn1nc(C(C)(C)C)cc(CNC2CC2)c1=O. The van der Waals surface area contributed by atoms with Crippen molar-refractivity contribution >= 4 is 0 Å². The average Bonchev–Trinajstić information content (AvgIpc) is 3.10. The molecular formula is C14H23N3O. The minimum atomic E-state index is -0.0288. The maximum absolute atomic E-state index is 12.2. The summed E-state index contributed by atoms with van der Waals surface area (Å²) < 4.78 is 1.57. The topological polar surface area (TPSA) is 46.9 Å². The van der Waals surface area contributed by atoms with Gasteiger partial charge >= 0.3 is 0 Å². The van der Waals surface area contributed by atoms with Gasteiger partial charge in [0.15, 0.2) is 0 Å². The first-order chi connectivity index (χ1) is 8.41. The van der Waals surface area contributed by atoms with Crippen molar-refractivity contribution in [1.82, 2.24) is 15.1 Å². The van der Waals surface area contributed by atoms with Crippen molar-refractivity contribution in [2.24, 2.45) is 0 Å². The van der Waals surface area contributed by atoms with E-state index in [-0.39, 0.29) is 11.0 Å². The molecule has 0 aromatic carbocycles. The van der Waals surface area contributed by atoms with Crippen molar-refractivity contribution in [3.05, 3.63) is 27.7 Å². The van der Waals surface area contributed by atoms with Crippen LogP contribution < -0.4 is 10.9 Å². The van der Waals surface area contributed by atoms with Gasteiger partial charge in [-0.1, -0.05) is 20.8 Å². The first-order valence-corrected chi connectivity index (χ1v) is 6.76. The van der Waals surface area contributed by atoms with E-state index in [0.717, 1.165) is 11.3 Å². The fourth-order valence-corrected chi connectivity index (χ4v) is 1.85. The zero-order chi connectivity index (χ0) is 13.3. The van der Waals surface area contributed by atoms with E-state index < -0.39 is 0 Å². The van der Waals surface area contributed by atoms with E-state index in [2.05, 4.69) is 31.2 Å². The highest BCUT2D eigenvalue weighted by Gasteiger charge is 2.22. The van der Waals surface area contributed by atoms with Crippen LogP contribution in [-0.4, -0.2) is 15.8 Å². The Balaban J connectivity index is 2.32. The van der Waals surface area contributed by atoms with E-state index in [1.807, 2.05) is 13.0 Å². The molecule has 1 aliphatic carbocycles. The minimum absolute atomic E-state index is 0.0288. The lowest BCUT2D eigenvalue weighted by atomic mass is 9.91. The summed E-state index contributed by atoms with van der Waals surface area (Å²) in [6.45, 7) is 9.61. The van der Waals surface area contributed by atoms with Crippen LogP contribution in [0.5, 0.6) is 0 Å². The average molecular weight is 249 g/mol. The zero-order valence-corrected chi connectivity index (χ0v) is 11.8. The third kappa shape index (κ3) is 2.99. The van der Waals surface area contributed by atoms with Crippen molar-refractivity contribution in [2.45, 2.75) is 65.1 Å². The molecule has 1 N–H and O–H groups in total. The van der Waals surface area contributed by atoms with Gasteiger partial charge in [-0.3, -0.25) is 4.79 Å². The molecule has 1 aliphatic rings.